The molecule has 0 fully saturated rings. The molecule has 0 spiro atoms. The first-order valence-electron chi connectivity index (χ1n) is 6.31. The molecular formula is C16H11BrClNO2. The molecule has 3 aromatic rings. The molecule has 0 aliphatic carbocycles. The highest BCUT2D eigenvalue weighted by molar-refractivity contribution is 9.10. The first-order valence-corrected chi connectivity index (χ1v) is 7.48. The van der Waals surface area contributed by atoms with Crippen LogP contribution in [0.25, 0.3) is 11.0 Å². The van der Waals surface area contributed by atoms with E-state index in [1.54, 1.807) is 12.1 Å². The minimum absolute atomic E-state index is 0.294. The van der Waals surface area contributed by atoms with Crippen molar-refractivity contribution in [1.29, 1.82) is 0 Å². The van der Waals surface area contributed by atoms with E-state index in [9.17, 15) is 4.79 Å². The van der Waals surface area contributed by atoms with Gasteiger partial charge in [0.1, 0.15) is 5.58 Å². The highest BCUT2D eigenvalue weighted by atomic mass is 79.9. The van der Waals surface area contributed by atoms with Gasteiger partial charge in [-0.25, -0.2) is 0 Å². The monoisotopic (exact) mass is 363 g/mol. The van der Waals surface area contributed by atoms with Crippen LogP contribution in [0.15, 0.2) is 51.4 Å². The van der Waals surface area contributed by atoms with Gasteiger partial charge in [-0.3, -0.25) is 4.79 Å². The Morgan fingerprint density at radius 3 is 2.76 bits per heavy atom. The third-order valence-electron chi connectivity index (χ3n) is 3.23. The van der Waals surface area contributed by atoms with Crippen LogP contribution in [0.2, 0.25) is 5.02 Å². The van der Waals surface area contributed by atoms with Crippen molar-refractivity contribution in [1.82, 2.24) is 0 Å². The lowest BCUT2D eigenvalue weighted by Crippen LogP contribution is -2.12. The zero-order valence-electron chi connectivity index (χ0n) is 11.1. The third kappa shape index (κ3) is 2.69. The minimum Gasteiger partial charge on any atom is -0.451 e. The zero-order valence-corrected chi connectivity index (χ0v) is 13.5. The van der Waals surface area contributed by atoms with E-state index in [-0.39, 0.29) is 5.91 Å². The number of nitrogens with one attached hydrogen (secondary N) is 1. The van der Waals surface area contributed by atoms with Gasteiger partial charge in [0.15, 0.2) is 5.76 Å². The summed E-state index contributed by atoms with van der Waals surface area (Å²) in [6, 6.07) is 12.7. The van der Waals surface area contributed by atoms with Crippen molar-refractivity contribution < 1.29 is 9.21 Å². The number of rotatable bonds is 2. The zero-order chi connectivity index (χ0) is 15.0. The van der Waals surface area contributed by atoms with Crippen molar-refractivity contribution in [3.8, 4) is 0 Å². The lowest BCUT2D eigenvalue weighted by Gasteiger charge is -2.05. The second-order valence-corrected chi connectivity index (χ2v) is 5.95. The molecule has 3 nitrogen and oxygen atoms in total. The Hall–Kier alpha value is -1.78. The Labute approximate surface area is 135 Å². The molecule has 0 atom stereocenters. The predicted molar refractivity (Wildman–Crippen MR) is 88.1 cm³/mol. The highest BCUT2D eigenvalue weighted by Crippen LogP contribution is 2.29. The summed E-state index contributed by atoms with van der Waals surface area (Å²) in [5.74, 6) is -0.0176. The first-order chi connectivity index (χ1) is 10.1. The van der Waals surface area contributed by atoms with Crippen molar-refractivity contribution in [3.63, 3.8) is 0 Å². The van der Waals surface area contributed by atoms with Crippen LogP contribution < -0.4 is 5.32 Å². The lowest BCUT2D eigenvalue weighted by molar-refractivity contribution is 0.0998. The summed E-state index contributed by atoms with van der Waals surface area (Å²) < 4.78 is 6.59. The van der Waals surface area contributed by atoms with Crippen molar-refractivity contribution in [2.45, 2.75) is 6.92 Å². The van der Waals surface area contributed by atoms with Gasteiger partial charge >= 0.3 is 0 Å². The molecule has 0 aliphatic heterocycles. The quantitative estimate of drug-likeness (QED) is 0.660. The number of halogens is 2. The standard InChI is InChI=1S/C16H11BrClNO2/c1-9-11-8-10(17)6-7-14(11)21-15(9)16(20)19-13-5-3-2-4-12(13)18/h2-8H,1H3,(H,19,20). The maximum absolute atomic E-state index is 12.4. The molecule has 21 heavy (non-hydrogen) atoms. The summed E-state index contributed by atoms with van der Waals surface area (Å²) in [6.45, 7) is 1.86. The highest BCUT2D eigenvalue weighted by Gasteiger charge is 2.18. The molecule has 1 N–H and O–H groups in total. The maximum Gasteiger partial charge on any atom is 0.291 e. The van der Waals surface area contributed by atoms with Crippen molar-refractivity contribution in [3.05, 3.63) is 63.3 Å². The number of benzene rings is 2. The summed E-state index contributed by atoms with van der Waals surface area (Å²) in [7, 11) is 0. The average Bonchev–Trinajstić information content (AvgIpc) is 2.79. The molecule has 106 valence electrons. The molecule has 0 unspecified atom stereocenters. The van der Waals surface area contributed by atoms with Crippen molar-refractivity contribution >= 4 is 50.1 Å². The first kappa shape index (κ1) is 14.2. The van der Waals surface area contributed by atoms with E-state index in [0.717, 1.165) is 15.4 Å². The lowest BCUT2D eigenvalue weighted by atomic mass is 10.1. The van der Waals surface area contributed by atoms with Crippen molar-refractivity contribution in [2.75, 3.05) is 5.32 Å². The van der Waals surface area contributed by atoms with E-state index >= 15 is 0 Å². The SMILES string of the molecule is Cc1c(C(=O)Nc2ccccc2Cl)oc2ccc(Br)cc12. The second kappa shape index (κ2) is 5.54. The largest absolute Gasteiger partial charge is 0.451 e. The number of fused-ring (bicyclic) bond motifs is 1. The summed E-state index contributed by atoms with van der Waals surface area (Å²) in [4.78, 5) is 12.4. The van der Waals surface area contributed by atoms with Crippen molar-refractivity contribution in [2.24, 2.45) is 0 Å². The molecular weight excluding hydrogens is 354 g/mol. The van der Waals surface area contributed by atoms with E-state index < -0.39 is 0 Å². The third-order valence-corrected chi connectivity index (χ3v) is 4.05. The number of hydrogen-bond acceptors (Lipinski definition) is 2. The normalized spacial score (nSPS) is 10.8. The van der Waals surface area contributed by atoms with Gasteiger partial charge in [-0.1, -0.05) is 39.7 Å². The molecule has 0 radical (unpaired) electrons. The van der Waals surface area contributed by atoms with Gasteiger partial charge in [0.25, 0.3) is 5.91 Å². The fourth-order valence-electron chi connectivity index (χ4n) is 2.15. The average molecular weight is 365 g/mol. The predicted octanol–water partition coefficient (Wildman–Crippen LogP) is 5.41. The topological polar surface area (TPSA) is 42.2 Å². The Kier molecular flexibility index (Phi) is 3.74. The van der Waals surface area contributed by atoms with Gasteiger partial charge in [0.2, 0.25) is 0 Å². The summed E-state index contributed by atoms with van der Waals surface area (Å²) >= 11 is 9.46. The number of hydrogen-bond donors (Lipinski definition) is 1. The van der Waals surface area contributed by atoms with Crippen LogP contribution in [0.1, 0.15) is 16.1 Å². The van der Waals surface area contributed by atoms with Crippen LogP contribution >= 0.6 is 27.5 Å². The van der Waals surface area contributed by atoms with E-state index in [0.29, 0.717) is 22.1 Å². The van der Waals surface area contributed by atoms with Gasteiger partial charge < -0.3 is 9.73 Å². The second-order valence-electron chi connectivity index (χ2n) is 4.63. The molecule has 0 saturated heterocycles. The number of para-hydroxylation sites is 1. The van der Waals surface area contributed by atoms with Gasteiger partial charge in [-0.05, 0) is 37.3 Å². The van der Waals surface area contributed by atoms with Crippen LogP contribution in [0.4, 0.5) is 5.69 Å². The Bertz CT molecular complexity index is 841. The van der Waals surface area contributed by atoms with Gasteiger partial charge in [0.05, 0.1) is 10.7 Å². The number of carbonyl (C=O) groups excluding carboxylic acids is 1. The minimum atomic E-state index is -0.312. The van der Waals surface area contributed by atoms with E-state index in [1.807, 2.05) is 37.3 Å². The van der Waals surface area contributed by atoms with Gasteiger partial charge in [0, 0.05) is 15.4 Å². The van der Waals surface area contributed by atoms with Crippen LogP contribution in [0, 0.1) is 6.92 Å². The summed E-state index contributed by atoms with van der Waals surface area (Å²) in [6.07, 6.45) is 0. The fourth-order valence-corrected chi connectivity index (χ4v) is 2.70. The Balaban J connectivity index is 1.99. The van der Waals surface area contributed by atoms with Gasteiger partial charge in [-0.15, -0.1) is 0 Å². The van der Waals surface area contributed by atoms with Crippen LogP contribution in [-0.2, 0) is 0 Å². The molecule has 0 bridgehead atoms. The molecule has 1 heterocycles. The summed E-state index contributed by atoms with van der Waals surface area (Å²) in [5, 5.41) is 4.17. The number of amides is 1. The molecule has 1 aromatic heterocycles. The van der Waals surface area contributed by atoms with E-state index in [4.69, 9.17) is 16.0 Å². The molecule has 2 aromatic carbocycles. The van der Waals surface area contributed by atoms with E-state index in [1.165, 1.54) is 0 Å². The van der Waals surface area contributed by atoms with E-state index in [2.05, 4.69) is 21.2 Å². The Morgan fingerprint density at radius 2 is 2.00 bits per heavy atom. The molecule has 0 saturated carbocycles. The smallest absolute Gasteiger partial charge is 0.291 e. The maximum atomic E-state index is 12.4. The number of anilines is 1. The number of aryl methyl sites for hydroxylation is 1. The van der Waals surface area contributed by atoms with Crippen LogP contribution in [-0.4, -0.2) is 5.91 Å². The molecule has 3 rings (SSSR count). The molecule has 5 heteroatoms. The Morgan fingerprint density at radius 1 is 1.24 bits per heavy atom. The summed E-state index contributed by atoms with van der Waals surface area (Å²) in [5.41, 5.74) is 2.04. The number of carbonyl (C=O) groups is 1. The van der Waals surface area contributed by atoms with Crippen LogP contribution in [0.3, 0.4) is 0 Å². The van der Waals surface area contributed by atoms with Gasteiger partial charge in [-0.2, -0.15) is 0 Å². The van der Waals surface area contributed by atoms with Crippen LogP contribution in [0.5, 0.6) is 0 Å². The molecule has 1 amide bonds. The number of furan rings is 1. The fraction of sp³-hybridized carbons (Fsp3) is 0.0625. The molecule has 0 aliphatic rings.